The number of hydrogen-bond acceptors (Lipinski definition) is 4. The van der Waals surface area contributed by atoms with Crippen LogP contribution in [0, 0.1) is 17.3 Å². The molecule has 0 atom stereocenters. The Labute approximate surface area is 245 Å². The molecule has 0 radical (unpaired) electrons. The van der Waals surface area contributed by atoms with Crippen molar-refractivity contribution in [3.8, 4) is 17.2 Å². The summed E-state index contributed by atoms with van der Waals surface area (Å²) in [4.78, 5) is 2.16. The molecule has 4 nitrogen and oxygen atoms in total. The smallest absolute Gasteiger partial charge is 0.231 e. The van der Waals surface area contributed by atoms with E-state index in [0.717, 1.165) is 36.8 Å². The molecule has 3 aromatic rings. The van der Waals surface area contributed by atoms with E-state index in [9.17, 15) is 0 Å². The Morgan fingerprint density at radius 2 is 1.27 bits per heavy atom. The Balaban J connectivity index is 0.000000279. The Morgan fingerprint density at radius 3 is 1.80 bits per heavy atom. The van der Waals surface area contributed by atoms with Crippen molar-refractivity contribution in [2.24, 2.45) is 17.3 Å². The zero-order chi connectivity index (χ0) is 30.1. The van der Waals surface area contributed by atoms with E-state index in [1.165, 1.54) is 23.1 Å². The number of fused-ring (bicyclic) bond motifs is 1. The number of aryl methyl sites for hydroxylation is 1. The van der Waals surface area contributed by atoms with Gasteiger partial charge in [0.25, 0.3) is 0 Å². The molecule has 0 bridgehead atoms. The fourth-order valence-electron chi connectivity index (χ4n) is 3.61. The van der Waals surface area contributed by atoms with E-state index < -0.39 is 0 Å². The van der Waals surface area contributed by atoms with Gasteiger partial charge in [-0.15, -0.1) is 0 Å². The zero-order valence-corrected chi connectivity index (χ0v) is 26.8. The fraction of sp³-hybridized carbons (Fsp3) is 0.500. The van der Waals surface area contributed by atoms with Crippen LogP contribution in [-0.4, -0.2) is 30.9 Å². The lowest BCUT2D eigenvalue weighted by Gasteiger charge is -2.08. The molecule has 1 aliphatic rings. The maximum Gasteiger partial charge on any atom is 0.231 e. The lowest BCUT2D eigenvalue weighted by atomic mass is 10.0. The van der Waals surface area contributed by atoms with Crippen LogP contribution in [0.15, 0.2) is 72.8 Å². The van der Waals surface area contributed by atoms with Gasteiger partial charge in [-0.2, -0.15) is 0 Å². The van der Waals surface area contributed by atoms with Crippen molar-refractivity contribution in [1.29, 1.82) is 0 Å². The summed E-state index contributed by atoms with van der Waals surface area (Å²) in [5, 5.41) is 9.03. The molecule has 1 N–H and O–H groups in total. The first-order chi connectivity index (χ1) is 18.7. The summed E-state index contributed by atoms with van der Waals surface area (Å²) in [6.07, 6.45) is 3.42. The molecule has 40 heavy (non-hydrogen) atoms. The number of phenolic OH excluding ortho intramolecular Hbond substituents is 1. The summed E-state index contributed by atoms with van der Waals surface area (Å²) in [5.41, 5.74) is 4.49. The molecule has 222 valence electrons. The van der Waals surface area contributed by atoms with Gasteiger partial charge in [0.15, 0.2) is 11.5 Å². The van der Waals surface area contributed by atoms with Crippen molar-refractivity contribution in [2.45, 2.75) is 81.2 Å². The average Bonchev–Trinajstić information content (AvgIpc) is 3.31. The molecule has 0 aromatic heterocycles. The minimum absolute atomic E-state index is 0.350. The number of hydrogen-bond donors (Lipinski definition) is 1. The predicted molar refractivity (Wildman–Crippen MR) is 171 cm³/mol. The lowest BCUT2D eigenvalue weighted by molar-refractivity contribution is 0.174. The van der Waals surface area contributed by atoms with Crippen LogP contribution in [0.5, 0.6) is 17.2 Å². The van der Waals surface area contributed by atoms with Gasteiger partial charge in [0.1, 0.15) is 5.75 Å². The summed E-state index contributed by atoms with van der Waals surface area (Å²) in [6, 6.07) is 24.1. The third-order valence-electron chi connectivity index (χ3n) is 5.37. The maximum atomic E-state index is 9.03. The highest BCUT2D eigenvalue weighted by Gasteiger charge is 2.13. The highest BCUT2D eigenvalue weighted by atomic mass is 16.7. The van der Waals surface area contributed by atoms with E-state index in [-0.39, 0.29) is 0 Å². The molecule has 3 aromatic carbocycles. The number of benzene rings is 3. The molecule has 1 heterocycles. The van der Waals surface area contributed by atoms with Gasteiger partial charge in [0, 0.05) is 6.54 Å². The monoisotopic (exact) mass is 549 g/mol. The minimum atomic E-state index is 0.350. The van der Waals surface area contributed by atoms with Gasteiger partial charge >= 0.3 is 0 Å². The Hall–Kier alpha value is -2.98. The topological polar surface area (TPSA) is 41.9 Å². The van der Waals surface area contributed by atoms with Crippen LogP contribution in [0.3, 0.4) is 0 Å². The van der Waals surface area contributed by atoms with Crippen LogP contribution in [0.4, 0.5) is 0 Å². The normalized spacial score (nSPS) is 11.7. The van der Waals surface area contributed by atoms with Crippen molar-refractivity contribution in [3.05, 3.63) is 89.5 Å². The van der Waals surface area contributed by atoms with Crippen LogP contribution >= 0.6 is 0 Å². The van der Waals surface area contributed by atoms with Crippen LogP contribution in [0.2, 0.25) is 0 Å². The summed E-state index contributed by atoms with van der Waals surface area (Å²) < 4.78 is 10.5. The van der Waals surface area contributed by atoms with Crippen LogP contribution in [-0.2, 0) is 19.4 Å². The number of nitrogens with zero attached hydrogens (tertiary/aromatic N) is 1. The van der Waals surface area contributed by atoms with Gasteiger partial charge in [-0.25, -0.2) is 0 Å². The van der Waals surface area contributed by atoms with E-state index in [1.54, 1.807) is 12.1 Å². The molecule has 0 fully saturated rings. The van der Waals surface area contributed by atoms with Gasteiger partial charge in [-0.05, 0) is 91.6 Å². The molecule has 0 saturated carbocycles. The zero-order valence-electron chi connectivity index (χ0n) is 26.8. The first-order valence-electron chi connectivity index (χ1n) is 14.6. The fourth-order valence-corrected chi connectivity index (χ4v) is 3.61. The number of phenols is 1. The first-order valence-corrected chi connectivity index (χ1v) is 14.6. The third kappa shape index (κ3) is 18.3. The van der Waals surface area contributed by atoms with Crippen molar-refractivity contribution in [3.63, 3.8) is 0 Å². The summed E-state index contributed by atoms with van der Waals surface area (Å²) in [7, 11) is 4.15. The molecule has 0 amide bonds. The summed E-state index contributed by atoms with van der Waals surface area (Å²) in [6.45, 7) is 19.0. The van der Waals surface area contributed by atoms with Gasteiger partial charge in [0.2, 0.25) is 6.79 Å². The Bertz CT molecular complexity index is 1050. The molecule has 1 aliphatic heterocycles. The predicted octanol–water partition coefficient (Wildman–Crippen LogP) is 9.40. The van der Waals surface area contributed by atoms with Gasteiger partial charge < -0.3 is 19.5 Å². The second kappa shape index (κ2) is 18.4. The van der Waals surface area contributed by atoms with Gasteiger partial charge in [-0.1, -0.05) is 104 Å². The molecule has 4 rings (SSSR count). The number of aromatic hydroxyl groups is 1. The molecular formula is C36H55NO3. The van der Waals surface area contributed by atoms with E-state index in [0.29, 0.717) is 23.9 Å². The standard InChI is InChI=1S/C11H14O2.C11H16O.C9H13N.C5H12/c1-8(2)5-9-3-4-10-11(6-9)13-7-12-10;1-9(2)3-4-10-5-7-11(12)8-6-10;1-10(2)8-9-6-4-3-5-7-9;1-5(2,3)4/h3-4,6,8H,5,7H2,1-2H3;5-9,12H,3-4H2,1-2H3;3-7H,8H2,1-2H3;1-4H3. The first kappa shape index (κ1) is 35.0. The minimum Gasteiger partial charge on any atom is -0.508 e. The Kier molecular flexibility index (Phi) is 16.1. The lowest BCUT2D eigenvalue weighted by Crippen LogP contribution is -2.10. The van der Waals surface area contributed by atoms with Crippen LogP contribution in [0.25, 0.3) is 0 Å². The van der Waals surface area contributed by atoms with Gasteiger partial charge in [-0.3, -0.25) is 0 Å². The van der Waals surface area contributed by atoms with Crippen molar-refractivity contribution in [1.82, 2.24) is 4.90 Å². The van der Waals surface area contributed by atoms with E-state index >= 15 is 0 Å². The van der Waals surface area contributed by atoms with Crippen molar-refractivity contribution in [2.75, 3.05) is 20.9 Å². The molecule has 0 saturated heterocycles. The highest BCUT2D eigenvalue weighted by molar-refractivity contribution is 5.44. The molecular weight excluding hydrogens is 494 g/mol. The summed E-state index contributed by atoms with van der Waals surface area (Å²) in [5.74, 6) is 3.54. The molecule has 0 spiro atoms. The van der Waals surface area contributed by atoms with Gasteiger partial charge in [0.05, 0.1) is 0 Å². The van der Waals surface area contributed by atoms with Crippen molar-refractivity contribution >= 4 is 0 Å². The molecule has 4 heteroatoms. The van der Waals surface area contributed by atoms with Crippen molar-refractivity contribution < 1.29 is 14.6 Å². The number of ether oxygens (including phenoxy) is 2. The SMILES string of the molecule is CC(C)(C)C.CC(C)CCc1ccc(O)cc1.CC(C)Cc1ccc2c(c1)OCO2.CN(C)Cc1ccccc1. The summed E-state index contributed by atoms with van der Waals surface area (Å²) >= 11 is 0. The maximum absolute atomic E-state index is 9.03. The molecule has 0 unspecified atom stereocenters. The largest absolute Gasteiger partial charge is 0.508 e. The van der Waals surface area contributed by atoms with E-state index in [1.807, 2.05) is 24.3 Å². The van der Waals surface area contributed by atoms with Crippen LogP contribution in [0.1, 0.15) is 78.5 Å². The molecule has 0 aliphatic carbocycles. The second-order valence-corrected chi connectivity index (χ2v) is 13.1. The Morgan fingerprint density at radius 1 is 0.725 bits per heavy atom. The average molecular weight is 550 g/mol. The quantitative estimate of drug-likeness (QED) is 0.319. The highest BCUT2D eigenvalue weighted by Crippen LogP contribution is 2.33. The van der Waals surface area contributed by atoms with Crippen LogP contribution < -0.4 is 9.47 Å². The second-order valence-electron chi connectivity index (χ2n) is 13.1. The van der Waals surface area contributed by atoms with E-state index in [4.69, 9.17) is 14.6 Å². The third-order valence-corrected chi connectivity index (χ3v) is 5.37. The number of rotatable bonds is 7. The van der Waals surface area contributed by atoms with E-state index in [2.05, 4.69) is 111 Å².